The van der Waals surface area contributed by atoms with Crippen LogP contribution in [-0.4, -0.2) is 0 Å². The molecule has 0 atom stereocenters. The van der Waals surface area contributed by atoms with Crippen LogP contribution in [0.25, 0.3) is 32.2 Å². The molecule has 1 aliphatic heterocycles. The number of fused-ring (bicyclic) bond motifs is 3. The Morgan fingerprint density at radius 2 is 1.21 bits per heavy atom. The summed E-state index contributed by atoms with van der Waals surface area (Å²) < 4.78 is 35.3. The van der Waals surface area contributed by atoms with E-state index in [-0.39, 0.29) is 0 Å². The maximum atomic E-state index is 8.49. The van der Waals surface area contributed by atoms with Gasteiger partial charge in [0.2, 0.25) is 20.9 Å². The fourth-order valence-corrected chi connectivity index (χ4v) is 6.52. The molecule has 5 aromatic rings. The zero-order chi connectivity index (χ0) is 26.5. The molecule has 2 heterocycles. The van der Waals surface area contributed by atoms with Crippen molar-refractivity contribution in [2.75, 3.05) is 0 Å². The van der Waals surface area contributed by atoms with E-state index in [2.05, 4.69) is 127 Å². The maximum absolute atomic E-state index is 8.49. The molecule has 0 spiro atoms. The summed E-state index contributed by atoms with van der Waals surface area (Å²) in [5.41, 5.74) is 6.38. The Kier molecular flexibility index (Phi) is 8.02. The van der Waals surface area contributed by atoms with Gasteiger partial charge in [0.1, 0.15) is 0 Å². The highest BCUT2D eigenvalue weighted by atomic mass is 35.7. The fourth-order valence-electron chi connectivity index (χ4n) is 4.29. The van der Waals surface area contributed by atoms with Gasteiger partial charge < -0.3 is 0 Å². The predicted octanol–water partition coefficient (Wildman–Crippen LogP) is 4.70. The molecule has 188 valence electrons. The van der Waals surface area contributed by atoms with E-state index < -0.39 is 10.2 Å². The van der Waals surface area contributed by atoms with Crippen LogP contribution in [0, 0.1) is 10.2 Å². The summed E-state index contributed by atoms with van der Waals surface area (Å²) >= 11 is 3.70. The van der Waals surface area contributed by atoms with Crippen LogP contribution in [0.3, 0.4) is 0 Å². The van der Waals surface area contributed by atoms with Gasteiger partial charge in [0.15, 0.2) is 0 Å². The summed E-state index contributed by atoms with van der Waals surface area (Å²) in [6.45, 7) is 0. The number of allylic oxidation sites excluding steroid dienone is 2. The minimum absolute atomic E-state index is 1.24. The third kappa shape index (κ3) is 6.38. The number of halogens is 1. The van der Waals surface area contributed by atoms with Crippen LogP contribution < -0.4 is 18.6 Å². The number of rotatable bonds is 3. The molecule has 7 heteroatoms. The standard InChI is InChI=1S/C31H21S2.ClHO4/c1-2-11-22(12-3-1)31-21-23(24-14-4-7-18-28(24)33-31)13-10-17-25-26-15-5-8-19-29(26)32-30-20-9-6-16-27(25)30;2-1(3,4)5/h1-21H;(H,2,3,4,5)/q+1;/p-1. The van der Waals surface area contributed by atoms with Gasteiger partial charge >= 0.3 is 0 Å². The summed E-state index contributed by atoms with van der Waals surface area (Å²) in [4.78, 5) is 3.91. The lowest BCUT2D eigenvalue weighted by molar-refractivity contribution is -2.00. The molecule has 0 saturated carbocycles. The van der Waals surface area contributed by atoms with Crippen molar-refractivity contribution in [2.24, 2.45) is 0 Å². The van der Waals surface area contributed by atoms with E-state index in [1.807, 2.05) is 23.1 Å². The lowest BCUT2D eigenvalue weighted by Crippen LogP contribution is -2.68. The minimum atomic E-state index is -4.94. The highest BCUT2D eigenvalue weighted by Gasteiger charge is 2.20. The molecule has 4 aromatic carbocycles. The summed E-state index contributed by atoms with van der Waals surface area (Å²) in [5.74, 6) is 0. The van der Waals surface area contributed by atoms with Crippen LogP contribution in [0.2, 0.25) is 0 Å². The number of hydrogen-bond acceptors (Lipinski definition) is 5. The van der Waals surface area contributed by atoms with E-state index in [1.54, 1.807) is 0 Å². The molecule has 0 unspecified atom stereocenters. The van der Waals surface area contributed by atoms with Crippen molar-refractivity contribution in [3.05, 3.63) is 138 Å². The van der Waals surface area contributed by atoms with Gasteiger partial charge in [0.05, 0.1) is 0 Å². The summed E-state index contributed by atoms with van der Waals surface area (Å²) in [7, 11) is -4.94. The lowest BCUT2D eigenvalue weighted by Gasteiger charge is -2.21. The first kappa shape index (κ1) is 26.3. The molecule has 0 radical (unpaired) electrons. The second-order valence-corrected chi connectivity index (χ2v) is 11.3. The van der Waals surface area contributed by atoms with Gasteiger partial charge in [-0.25, -0.2) is 18.6 Å². The maximum Gasteiger partial charge on any atom is 0.239 e. The summed E-state index contributed by atoms with van der Waals surface area (Å²) in [5, 5.41) is 1.29. The Bertz CT molecular complexity index is 1590. The van der Waals surface area contributed by atoms with Gasteiger partial charge in [-0.2, -0.15) is 0 Å². The quantitative estimate of drug-likeness (QED) is 0.295. The minimum Gasteiger partial charge on any atom is -0.222 e. The Morgan fingerprint density at radius 1 is 0.658 bits per heavy atom. The average Bonchev–Trinajstić information content (AvgIpc) is 2.92. The largest absolute Gasteiger partial charge is 0.239 e. The van der Waals surface area contributed by atoms with Crippen molar-refractivity contribution in [3.63, 3.8) is 0 Å². The van der Waals surface area contributed by atoms with Crippen molar-refractivity contribution in [1.82, 2.24) is 0 Å². The van der Waals surface area contributed by atoms with E-state index in [0.29, 0.717) is 0 Å². The highest BCUT2D eigenvalue weighted by Crippen LogP contribution is 2.45. The van der Waals surface area contributed by atoms with Gasteiger partial charge in [0.25, 0.3) is 0 Å². The Morgan fingerprint density at radius 3 is 1.87 bits per heavy atom. The fraction of sp³-hybridized carbons (Fsp3) is 0. The molecule has 0 fully saturated rings. The number of hydrogen-bond donors (Lipinski definition) is 0. The molecule has 1 aliphatic rings. The molecule has 0 amide bonds. The normalized spacial score (nSPS) is 12.5. The highest BCUT2D eigenvalue weighted by molar-refractivity contribution is 7.99. The van der Waals surface area contributed by atoms with Crippen LogP contribution in [0.15, 0.2) is 131 Å². The number of benzene rings is 4. The lowest BCUT2D eigenvalue weighted by atomic mass is 9.96. The Balaban J connectivity index is 0.000000540. The van der Waals surface area contributed by atoms with Gasteiger partial charge in [-0.05, 0) is 52.6 Å². The van der Waals surface area contributed by atoms with E-state index in [4.69, 9.17) is 18.6 Å². The predicted molar refractivity (Wildman–Crippen MR) is 145 cm³/mol. The Labute approximate surface area is 231 Å². The van der Waals surface area contributed by atoms with E-state index in [0.717, 1.165) is 0 Å². The Hall–Kier alpha value is -3.33. The average molecular weight is 557 g/mol. The second-order valence-electron chi connectivity index (χ2n) is 8.34. The molecular weight excluding hydrogens is 536 g/mol. The third-order valence-electron chi connectivity index (χ3n) is 5.88. The molecule has 0 N–H and O–H groups in total. The van der Waals surface area contributed by atoms with Gasteiger partial charge in [-0.15, -0.1) is 10.2 Å². The molecule has 0 bridgehead atoms. The van der Waals surface area contributed by atoms with Gasteiger partial charge in [0, 0.05) is 32.9 Å². The van der Waals surface area contributed by atoms with E-state index in [1.165, 1.54) is 52.6 Å². The van der Waals surface area contributed by atoms with Crippen LogP contribution in [0.4, 0.5) is 0 Å². The molecule has 1 aromatic heterocycles. The zero-order valence-corrected chi connectivity index (χ0v) is 22.3. The first-order valence-electron chi connectivity index (χ1n) is 11.6. The summed E-state index contributed by atoms with van der Waals surface area (Å²) in [6.07, 6.45) is 6.73. The van der Waals surface area contributed by atoms with Crippen LogP contribution in [0.1, 0.15) is 16.7 Å². The van der Waals surface area contributed by atoms with Crippen molar-refractivity contribution >= 4 is 44.8 Å². The summed E-state index contributed by atoms with van der Waals surface area (Å²) in [6, 6.07) is 39.0. The SMILES string of the molecule is C(/C=C/c1cc(-c2ccccc2)[s+]c2ccccc12)=C1c2ccccc2Sc2ccccc21.[O-][Cl+3]([O-])([O-])[O-]. The monoisotopic (exact) mass is 556 g/mol. The first-order valence-corrected chi connectivity index (χ1v) is 14.5. The molecule has 0 saturated heterocycles. The topological polar surface area (TPSA) is 92.2 Å². The molecule has 0 aliphatic carbocycles. The molecule has 38 heavy (non-hydrogen) atoms. The second kappa shape index (κ2) is 11.6. The molecule has 6 rings (SSSR count). The first-order chi connectivity index (χ1) is 18.4. The van der Waals surface area contributed by atoms with Gasteiger partial charge in [-0.1, -0.05) is 96.7 Å². The van der Waals surface area contributed by atoms with Crippen molar-refractivity contribution in [2.45, 2.75) is 9.79 Å². The van der Waals surface area contributed by atoms with E-state index >= 15 is 0 Å². The molecule has 4 nitrogen and oxygen atoms in total. The van der Waals surface area contributed by atoms with Gasteiger partial charge in [-0.3, -0.25) is 0 Å². The molecular formula is C31H21ClO4S2. The van der Waals surface area contributed by atoms with E-state index in [9.17, 15) is 0 Å². The zero-order valence-electron chi connectivity index (χ0n) is 20.0. The van der Waals surface area contributed by atoms with Crippen LogP contribution in [-0.2, 0) is 0 Å². The van der Waals surface area contributed by atoms with Crippen molar-refractivity contribution in [1.29, 1.82) is 0 Å². The van der Waals surface area contributed by atoms with Crippen molar-refractivity contribution < 1.29 is 28.9 Å². The third-order valence-corrected chi connectivity index (χ3v) is 8.18. The smallest absolute Gasteiger partial charge is 0.222 e. The van der Waals surface area contributed by atoms with Crippen LogP contribution >= 0.6 is 23.1 Å². The van der Waals surface area contributed by atoms with Crippen LogP contribution in [0.5, 0.6) is 0 Å². The van der Waals surface area contributed by atoms with Crippen molar-refractivity contribution in [3.8, 4) is 10.4 Å².